The summed E-state index contributed by atoms with van der Waals surface area (Å²) < 4.78 is 27.3. The summed E-state index contributed by atoms with van der Waals surface area (Å²) in [7, 11) is -4.03. The molecule has 0 heterocycles. The van der Waals surface area contributed by atoms with E-state index >= 15 is 0 Å². The zero-order chi connectivity index (χ0) is 20.8. The van der Waals surface area contributed by atoms with Gasteiger partial charge in [-0.1, -0.05) is 19.1 Å². The number of nitrogens with two attached hydrogens (primary N) is 1. The predicted molar refractivity (Wildman–Crippen MR) is 108 cm³/mol. The number of carbonyl (C=O) groups is 1. The van der Waals surface area contributed by atoms with Gasteiger partial charge < -0.3 is 14.6 Å². The van der Waals surface area contributed by atoms with Gasteiger partial charge >= 0.3 is 10.3 Å². The van der Waals surface area contributed by atoms with Crippen LogP contribution in [0, 0.1) is 17.3 Å². The van der Waals surface area contributed by atoms with Crippen LogP contribution >= 0.6 is 0 Å². The Morgan fingerprint density at radius 3 is 2.90 bits per heavy atom. The maximum absolute atomic E-state index is 12.6. The molecule has 0 radical (unpaired) electrons. The molecule has 4 rings (SSSR count). The van der Waals surface area contributed by atoms with Crippen LogP contribution < -0.4 is 14.6 Å². The number of aryl methyl sites for hydroxylation is 1. The molecular formula is C21H28N2O5S. The minimum atomic E-state index is -4.03. The minimum Gasteiger partial charge on any atom is -0.395 e. The molecule has 0 aromatic heterocycles. The summed E-state index contributed by atoms with van der Waals surface area (Å²) in [5.74, 6) is 1.53. The molecule has 3 aliphatic carbocycles. The molecular weight excluding hydrogens is 392 g/mol. The number of hydrogen-bond donors (Lipinski definition) is 3. The van der Waals surface area contributed by atoms with Crippen molar-refractivity contribution in [1.29, 1.82) is 0 Å². The van der Waals surface area contributed by atoms with E-state index in [2.05, 4.69) is 18.3 Å². The van der Waals surface area contributed by atoms with E-state index in [1.165, 1.54) is 5.56 Å². The van der Waals surface area contributed by atoms with Gasteiger partial charge in [0.2, 0.25) is 5.91 Å². The highest BCUT2D eigenvalue weighted by Crippen LogP contribution is 2.61. The third-order valence-electron chi connectivity index (χ3n) is 7.13. The van der Waals surface area contributed by atoms with Gasteiger partial charge in [0.1, 0.15) is 5.75 Å². The summed E-state index contributed by atoms with van der Waals surface area (Å²) in [5, 5.41) is 16.8. The summed E-state index contributed by atoms with van der Waals surface area (Å²) in [6.07, 6.45) is 6.80. The first kappa shape index (κ1) is 20.4. The second-order valence-electron chi connectivity index (χ2n) is 8.64. The fourth-order valence-corrected chi connectivity index (χ4v) is 6.30. The van der Waals surface area contributed by atoms with E-state index in [-0.39, 0.29) is 30.2 Å². The molecule has 1 amide bonds. The largest absolute Gasteiger partial charge is 0.395 e. The summed E-state index contributed by atoms with van der Waals surface area (Å²) in [5.41, 5.74) is 3.14. The number of amides is 1. The quantitative estimate of drug-likeness (QED) is 0.671. The Balaban J connectivity index is 1.56. The molecule has 0 saturated heterocycles. The van der Waals surface area contributed by atoms with Gasteiger partial charge in [-0.05, 0) is 73.1 Å². The molecule has 4 unspecified atom stereocenters. The van der Waals surface area contributed by atoms with E-state index in [1.54, 1.807) is 12.1 Å². The lowest BCUT2D eigenvalue weighted by atomic mass is 9.54. The Bertz CT molecular complexity index is 958. The molecule has 29 heavy (non-hydrogen) atoms. The number of rotatable bonds is 5. The fourth-order valence-electron chi connectivity index (χ4n) is 5.93. The Morgan fingerprint density at radius 2 is 2.17 bits per heavy atom. The maximum Gasteiger partial charge on any atom is 0.380 e. The molecule has 8 heteroatoms. The number of benzene rings is 1. The maximum atomic E-state index is 12.6. The van der Waals surface area contributed by atoms with Crippen LogP contribution in [0.15, 0.2) is 29.8 Å². The Morgan fingerprint density at radius 1 is 1.38 bits per heavy atom. The highest BCUT2D eigenvalue weighted by atomic mass is 32.2. The molecule has 3 aliphatic rings. The summed E-state index contributed by atoms with van der Waals surface area (Å²) in [6.45, 7) is 2.43. The van der Waals surface area contributed by atoms with Gasteiger partial charge in [0.15, 0.2) is 0 Å². The van der Waals surface area contributed by atoms with E-state index in [0.717, 1.165) is 43.2 Å². The first-order valence-corrected chi connectivity index (χ1v) is 11.6. The molecule has 158 valence electrons. The first-order chi connectivity index (χ1) is 13.7. The van der Waals surface area contributed by atoms with Crippen molar-refractivity contribution < 1.29 is 22.5 Å². The molecule has 0 bridgehead atoms. The number of aliphatic hydroxyl groups is 1. The SMILES string of the molecule is CC12CCC3c4ccc(OS(N)(=O)=O)cc4CCC3C1CC=C2C(=O)NCCO. The number of hydrogen-bond acceptors (Lipinski definition) is 5. The molecule has 1 aromatic rings. The van der Waals surface area contributed by atoms with Crippen LogP contribution in [-0.4, -0.2) is 32.6 Å². The van der Waals surface area contributed by atoms with Crippen molar-refractivity contribution >= 4 is 16.2 Å². The third kappa shape index (κ3) is 3.69. The van der Waals surface area contributed by atoms with E-state index in [9.17, 15) is 13.2 Å². The van der Waals surface area contributed by atoms with E-state index in [1.807, 2.05) is 6.07 Å². The molecule has 1 saturated carbocycles. The van der Waals surface area contributed by atoms with Gasteiger partial charge in [0.05, 0.1) is 6.61 Å². The van der Waals surface area contributed by atoms with Crippen LogP contribution in [0.4, 0.5) is 0 Å². The van der Waals surface area contributed by atoms with Gasteiger partial charge in [-0.25, -0.2) is 0 Å². The number of nitrogens with one attached hydrogen (secondary N) is 1. The summed E-state index contributed by atoms with van der Waals surface area (Å²) in [4.78, 5) is 12.6. The topological polar surface area (TPSA) is 119 Å². The average molecular weight is 421 g/mol. The molecule has 7 nitrogen and oxygen atoms in total. The van der Waals surface area contributed by atoms with Crippen LogP contribution in [0.3, 0.4) is 0 Å². The van der Waals surface area contributed by atoms with Crippen LogP contribution in [0.5, 0.6) is 5.75 Å². The Labute approximate surface area is 171 Å². The zero-order valence-electron chi connectivity index (χ0n) is 16.6. The molecule has 1 aromatic carbocycles. The van der Waals surface area contributed by atoms with Crippen molar-refractivity contribution in [2.24, 2.45) is 22.4 Å². The van der Waals surface area contributed by atoms with E-state index in [4.69, 9.17) is 14.4 Å². The first-order valence-electron chi connectivity index (χ1n) is 10.2. The smallest absolute Gasteiger partial charge is 0.380 e. The second kappa shape index (κ2) is 7.41. The molecule has 1 fully saturated rings. The van der Waals surface area contributed by atoms with Gasteiger partial charge in [-0.15, -0.1) is 0 Å². The van der Waals surface area contributed by atoms with E-state index in [0.29, 0.717) is 17.8 Å². The highest BCUT2D eigenvalue weighted by Gasteiger charge is 2.53. The number of allylic oxidation sites excluding steroid dienone is 1. The zero-order valence-corrected chi connectivity index (χ0v) is 17.4. The molecule has 0 aliphatic heterocycles. The number of carbonyl (C=O) groups excluding carboxylic acids is 1. The van der Waals surface area contributed by atoms with Gasteiger partial charge in [-0.2, -0.15) is 13.6 Å². The normalized spacial score (nSPS) is 30.6. The van der Waals surface area contributed by atoms with Crippen LogP contribution in [0.25, 0.3) is 0 Å². The predicted octanol–water partition coefficient (Wildman–Crippen LogP) is 1.77. The van der Waals surface area contributed by atoms with Crippen molar-refractivity contribution in [3.63, 3.8) is 0 Å². The second-order valence-corrected chi connectivity index (χ2v) is 9.79. The summed E-state index contributed by atoms with van der Waals surface area (Å²) in [6, 6.07) is 5.46. The highest BCUT2D eigenvalue weighted by molar-refractivity contribution is 7.84. The minimum absolute atomic E-state index is 0.0523. The number of fused-ring (bicyclic) bond motifs is 5. The van der Waals surface area contributed by atoms with Crippen molar-refractivity contribution in [1.82, 2.24) is 5.32 Å². The lowest BCUT2D eigenvalue weighted by Crippen LogP contribution is -2.44. The van der Waals surface area contributed by atoms with Crippen molar-refractivity contribution in [3.8, 4) is 5.75 Å². The summed E-state index contributed by atoms with van der Waals surface area (Å²) >= 11 is 0. The Kier molecular flexibility index (Phi) is 5.21. The molecule has 4 N–H and O–H groups in total. The van der Waals surface area contributed by atoms with Crippen LogP contribution in [0.1, 0.15) is 49.7 Å². The third-order valence-corrected chi connectivity index (χ3v) is 7.56. The van der Waals surface area contributed by atoms with Crippen LogP contribution in [0.2, 0.25) is 0 Å². The standard InChI is InChI=1S/C21H28N2O5S/c1-21-9-8-16-15-5-3-14(28-29(22,26)27)12-13(15)2-4-17(16)18(21)6-7-19(21)20(25)23-10-11-24/h3,5,7,12,16-18,24H,2,4,6,8-11H2,1H3,(H,23,25)(H2,22,26,27). The van der Waals surface area contributed by atoms with Crippen molar-refractivity contribution in [2.75, 3.05) is 13.2 Å². The average Bonchev–Trinajstić information content (AvgIpc) is 3.01. The fraction of sp³-hybridized carbons (Fsp3) is 0.571. The number of aliphatic hydroxyl groups excluding tert-OH is 1. The monoisotopic (exact) mass is 420 g/mol. The van der Waals surface area contributed by atoms with Gasteiger partial charge in [-0.3, -0.25) is 4.79 Å². The van der Waals surface area contributed by atoms with Crippen molar-refractivity contribution in [2.45, 2.75) is 44.9 Å². The lowest BCUT2D eigenvalue weighted by Gasteiger charge is -2.50. The van der Waals surface area contributed by atoms with E-state index < -0.39 is 10.3 Å². The van der Waals surface area contributed by atoms with Gasteiger partial charge in [0.25, 0.3) is 0 Å². The van der Waals surface area contributed by atoms with Gasteiger partial charge in [0, 0.05) is 17.5 Å². The Hall–Kier alpha value is -1.90. The lowest BCUT2D eigenvalue weighted by molar-refractivity contribution is -0.119. The molecule has 4 atom stereocenters. The molecule has 0 spiro atoms. The van der Waals surface area contributed by atoms with Crippen LogP contribution in [-0.2, 0) is 21.5 Å². The van der Waals surface area contributed by atoms with Crippen molar-refractivity contribution in [3.05, 3.63) is 41.0 Å².